The normalized spacial score (nSPS) is 13.2. The van der Waals surface area contributed by atoms with Crippen LogP contribution in [0.4, 0.5) is 0 Å². The highest BCUT2D eigenvalue weighted by Gasteiger charge is 2.07. The van der Waals surface area contributed by atoms with Gasteiger partial charge in [-0.1, -0.05) is 41.8 Å². The number of benzene rings is 1. The van der Waals surface area contributed by atoms with Crippen molar-refractivity contribution in [1.82, 2.24) is 0 Å². The molecule has 2 unspecified atom stereocenters. The molecule has 0 fully saturated rings. The van der Waals surface area contributed by atoms with E-state index in [1.165, 1.54) is 5.56 Å². The molecule has 2 atom stereocenters. The van der Waals surface area contributed by atoms with Gasteiger partial charge < -0.3 is 0 Å². The van der Waals surface area contributed by atoms with E-state index < -0.39 is 0 Å². The van der Waals surface area contributed by atoms with Crippen LogP contribution in [0.15, 0.2) is 30.3 Å². The fourth-order valence-electron chi connectivity index (χ4n) is 1.02. The SMILES string of the molecule is CC(C[PH+]=O)c1ccccc1. The van der Waals surface area contributed by atoms with Crippen molar-refractivity contribution < 1.29 is 4.57 Å². The lowest BCUT2D eigenvalue weighted by molar-refractivity contribution is 0.596. The summed E-state index contributed by atoms with van der Waals surface area (Å²) in [6.07, 6.45) is 0.768. The standard InChI is InChI=1S/C9H11OP/c1-8(7-11-10)9-5-3-2-4-6-9/h2-6,8H,7H2,1H3/p+1. The van der Waals surface area contributed by atoms with Gasteiger partial charge in [0.05, 0.1) is 0 Å². The topological polar surface area (TPSA) is 17.1 Å². The van der Waals surface area contributed by atoms with Crippen LogP contribution in [0.5, 0.6) is 0 Å². The molecule has 0 N–H and O–H groups in total. The largest absolute Gasteiger partial charge is 0.325 e. The van der Waals surface area contributed by atoms with Crippen molar-refractivity contribution in [3.05, 3.63) is 35.9 Å². The molecule has 0 bridgehead atoms. The molecule has 1 aromatic carbocycles. The second-order valence-corrected chi connectivity index (χ2v) is 3.36. The van der Waals surface area contributed by atoms with Gasteiger partial charge in [-0.05, 0) is 5.56 Å². The van der Waals surface area contributed by atoms with E-state index >= 15 is 0 Å². The minimum absolute atomic E-state index is 0.186. The van der Waals surface area contributed by atoms with Crippen molar-refractivity contribution in [3.8, 4) is 0 Å². The number of hydrogen-bond acceptors (Lipinski definition) is 1. The highest BCUT2D eigenvalue weighted by atomic mass is 31.1. The van der Waals surface area contributed by atoms with Gasteiger partial charge in [-0.2, -0.15) is 0 Å². The van der Waals surface area contributed by atoms with E-state index in [2.05, 4.69) is 19.1 Å². The zero-order valence-electron chi connectivity index (χ0n) is 6.58. The summed E-state index contributed by atoms with van der Waals surface area (Å²) < 4.78 is 10.3. The average molecular weight is 167 g/mol. The molecule has 11 heavy (non-hydrogen) atoms. The molecule has 0 aliphatic heterocycles. The van der Waals surface area contributed by atoms with Gasteiger partial charge in [0.15, 0.2) is 0 Å². The van der Waals surface area contributed by atoms with Gasteiger partial charge in [0.25, 0.3) is 0 Å². The Morgan fingerprint density at radius 1 is 1.36 bits per heavy atom. The summed E-state index contributed by atoms with van der Waals surface area (Å²) in [6, 6.07) is 10.2. The lowest BCUT2D eigenvalue weighted by Gasteiger charge is -2.02. The predicted octanol–water partition coefficient (Wildman–Crippen LogP) is 2.81. The highest BCUT2D eigenvalue weighted by molar-refractivity contribution is 7.23. The Bertz CT molecular complexity index is 220. The molecule has 0 heterocycles. The van der Waals surface area contributed by atoms with E-state index in [-0.39, 0.29) is 8.46 Å². The molecule has 0 spiro atoms. The molecular formula is C9H12OP+. The first kappa shape index (κ1) is 8.42. The Hall–Kier alpha value is -0.680. The molecule has 0 aliphatic rings. The van der Waals surface area contributed by atoms with E-state index in [9.17, 15) is 4.57 Å². The van der Waals surface area contributed by atoms with Crippen LogP contribution in [-0.4, -0.2) is 6.16 Å². The fourth-order valence-corrected chi connectivity index (χ4v) is 1.51. The van der Waals surface area contributed by atoms with Crippen LogP contribution >= 0.6 is 8.46 Å². The van der Waals surface area contributed by atoms with E-state index in [0.717, 1.165) is 6.16 Å². The summed E-state index contributed by atoms with van der Waals surface area (Å²) in [5.74, 6) is 0.423. The number of rotatable bonds is 3. The fraction of sp³-hybridized carbons (Fsp3) is 0.333. The Labute approximate surface area is 68.6 Å². The second kappa shape index (κ2) is 4.25. The summed E-state index contributed by atoms with van der Waals surface area (Å²) in [5, 5.41) is 0. The van der Waals surface area contributed by atoms with Crippen molar-refractivity contribution in [2.45, 2.75) is 12.8 Å². The molecule has 0 aliphatic carbocycles. The lowest BCUT2D eigenvalue weighted by Crippen LogP contribution is -1.92. The van der Waals surface area contributed by atoms with Gasteiger partial charge in [0, 0.05) is 5.92 Å². The van der Waals surface area contributed by atoms with Gasteiger partial charge in [-0.3, -0.25) is 0 Å². The minimum Gasteiger partial charge on any atom is -0.0775 e. The maximum absolute atomic E-state index is 10.3. The minimum atomic E-state index is -0.186. The summed E-state index contributed by atoms with van der Waals surface area (Å²) in [7, 11) is -0.186. The molecule has 0 saturated heterocycles. The van der Waals surface area contributed by atoms with E-state index in [1.807, 2.05) is 18.2 Å². The Kier molecular flexibility index (Phi) is 3.25. The molecule has 1 aromatic rings. The smallest absolute Gasteiger partial charge is 0.0775 e. The summed E-state index contributed by atoms with van der Waals surface area (Å²) in [4.78, 5) is 0. The molecule has 58 valence electrons. The van der Waals surface area contributed by atoms with Gasteiger partial charge in [0.1, 0.15) is 6.16 Å². The van der Waals surface area contributed by atoms with Crippen LogP contribution in [0, 0.1) is 0 Å². The molecular weight excluding hydrogens is 155 g/mol. The Morgan fingerprint density at radius 3 is 2.55 bits per heavy atom. The van der Waals surface area contributed by atoms with Crippen LogP contribution in [0.3, 0.4) is 0 Å². The van der Waals surface area contributed by atoms with Gasteiger partial charge in [-0.25, -0.2) is 0 Å². The summed E-state index contributed by atoms with van der Waals surface area (Å²) in [6.45, 7) is 2.10. The van der Waals surface area contributed by atoms with Gasteiger partial charge in [-0.15, -0.1) is 0 Å². The zero-order valence-corrected chi connectivity index (χ0v) is 7.58. The van der Waals surface area contributed by atoms with Crippen molar-refractivity contribution in [2.75, 3.05) is 6.16 Å². The van der Waals surface area contributed by atoms with Crippen molar-refractivity contribution in [1.29, 1.82) is 0 Å². The molecule has 0 radical (unpaired) electrons. The first-order valence-corrected chi connectivity index (χ1v) is 4.86. The molecule has 2 heteroatoms. The van der Waals surface area contributed by atoms with E-state index in [0.29, 0.717) is 5.92 Å². The molecule has 0 aromatic heterocycles. The van der Waals surface area contributed by atoms with Crippen LogP contribution < -0.4 is 0 Å². The quantitative estimate of drug-likeness (QED) is 0.632. The molecule has 1 nitrogen and oxygen atoms in total. The maximum atomic E-state index is 10.3. The highest BCUT2D eigenvalue weighted by Crippen LogP contribution is 2.17. The molecule has 0 saturated carbocycles. The van der Waals surface area contributed by atoms with Crippen LogP contribution in [0.25, 0.3) is 0 Å². The van der Waals surface area contributed by atoms with E-state index in [1.54, 1.807) is 0 Å². The van der Waals surface area contributed by atoms with Crippen LogP contribution in [0.1, 0.15) is 18.4 Å². The summed E-state index contributed by atoms with van der Waals surface area (Å²) in [5.41, 5.74) is 1.27. The first-order valence-electron chi connectivity index (χ1n) is 3.74. The number of hydrogen-bond donors (Lipinski definition) is 0. The van der Waals surface area contributed by atoms with Crippen LogP contribution in [0.2, 0.25) is 0 Å². The van der Waals surface area contributed by atoms with Gasteiger partial charge >= 0.3 is 8.46 Å². The van der Waals surface area contributed by atoms with Crippen molar-refractivity contribution in [3.63, 3.8) is 0 Å². The molecule has 1 rings (SSSR count). The van der Waals surface area contributed by atoms with Gasteiger partial charge in [0.2, 0.25) is 0 Å². The zero-order chi connectivity index (χ0) is 8.10. The second-order valence-electron chi connectivity index (χ2n) is 2.66. The predicted molar refractivity (Wildman–Crippen MR) is 48.7 cm³/mol. The summed E-state index contributed by atoms with van der Waals surface area (Å²) >= 11 is 0. The third-order valence-corrected chi connectivity index (χ3v) is 2.54. The Morgan fingerprint density at radius 2 is 2.00 bits per heavy atom. The average Bonchev–Trinajstić information content (AvgIpc) is 2.07. The third kappa shape index (κ3) is 2.44. The lowest BCUT2D eigenvalue weighted by atomic mass is 10.0. The Balaban J connectivity index is 2.68. The third-order valence-electron chi connectivity index (χ3n) is 1.76. The maximum Gasteiger partial charge on any atom is 0.325 e. The van der Waals surface area contributed by atoms with Crippen LogP contribution in [-0.2, 0) is 4.57 Å². The molecule has 0 amide bonds. The monoisotopic (exact) mass is 167 g/mol. The van der Waals surface area contributed by atoms with E-state index in [4.69, 9.17) is 0 Å². The first-order chi connectivity index (χ1) is 5.34. The van der Waals surface area contributed by atoms with Crippen molar-refractivity contribution >= 4 is 8.46 Å². The van der Waals surface area contributed by atoms with Crippen molar-refractivity contribution in [2.24, 2.45) is 0 Å².